The summed E-state index contributed by atoms with van der Waals surface area (Å²) in [7, 11) is 0. The van der Waals surface area contributed by atoms with Crippen LogP contribution in [0.15, 0.2) is 24.3 Å². The summed E-state index contributed by atoms with van der Waals surface area (Å²) >= 11 is 0. The molecule has 0 heterocycles. The molecule has 4 heteroatoms. The highest BCUT2D eigenvalue weighted by Crippen LogP contribution is 2.14. The Labute approximate surface area is 183 Å². The van der Waals surface area contributed by atoms with E-state index < -0.39 is 0 Å². The average molecular weight is 417 g/mol. The lowest BCUT2D eigenvalue weighted by Gasteiger charge is -2.04. The highest BCUT2D eigenvalue weighted by molar-refractivity contribution is 6.16. The van der Waals surface area contributed by atoms with Crippen molar-refractivity contribution in [2.75, 3.05) is 0 Å². The first-order valence-corrected chi connectivity index (χ1v) is 12.2. The van der Waals surface area contributed by atoms with Gasteiger partial charge in [0, 0.05) is 12.2 Å². The third-order valence-corrected chi connectivity index (χ3v) is 5.65. The Kier molecular flexibility index (Phi) is 14.8. The van der Waals surface area contributed by atoms with Crippen LogP contribution in [0.2, 0.25) is 0 Å². The van der Waals surface area contributed by atoms with Gasteiger partial charge in [0.1, 0.15) is 0 Å². The summed E-state index contributed by atoms with van der Waals surface area (Å²) in [6.45, 7) is 3.65. The molecule has 2 amide bonds. The van der Waals surface area contributed by atoms with Crippen molar-refractivity contribution in [1.82, 2.24) is 0 Å². The first-order chi connectivity index (χ1) is 14.6. The fourth-order valence-corrected chi connectivity index (χ4v) is 3.86. The number of hydrogen-bond donors (Lipinski definition) is 0. The molecule has 0 spiro atoms. The summed E-state index contributed by atoms with van der Waals surface area (Å²) < 4.78 is 1.18. The molecule has 1 aliphatic rings. The topological polar surface area (TPSA) is 54.2 Å². The fourth-order valence-electron chi connectivity index (χ4n) is 3.86. The van der Waals surface area contributed by atoms with Gasteiger partial charge in [-0.1, -0.05) is 101 Å². The molecule has 0 N–H and O–H groups in total. The molecule has 0 bridgehead atoms. The molecule has 0 aromatic rings. The Bertz CT molecular complexity index is 610. The Morgan fingerprint density at radius 2 is 1.07 bits per heavy atom. The number of amides is 2. The van der Waals surface area contributed by atoms with Gasteiger partial charge in [0.15, 0.2) is 5.78 Å². The van der Waals surface area contributed by atoms with Gasteiger partial charge in [0.2, 0.25) is 5.71 Å². The molecule has 168 valence electrons. The lowest BCUT2D eigenvalue weighted by Crippen LogP contribution is -2.31. The molecule has 30 heavy (non-hydrogen) atoms. The molecule has 1 rings (SSSR count). The molecule has 0 aliphatic heterocycles. The van der Waals surface area contributed by atoms with Gasteiger partial charge in [-0.3, -0.25) is 4.79 Å². The molecule has 0 radical (unpaired) electrons. The second kappa shape index (κ2) is 16.9. The minimum Gasteiger partial charge on any atom is -0.290 e. The van der Waals surface area contributed by atoms with E-state index >= 15 is 0 Å². The van der Waals surface area contributed by atoms with Gasteiger partial charge in [-0.05, 0) is 18.6 Å². The van der Waals surface area contributed by atoms with Crippen LogP contribution >= 0.6 is 0 Å². The van der Waals surface area contributed by atoms with Crippen molar-refractivity contribution in [3.63, 3.8) is 0 Å². The average Bonchev–Trinajstić information content (AvgIpc) is 2.72. The zero-order valence-corrected chi connectivity index (χ0v) is 19.3. The third-order valence-electron chi connectivity index (χ3n) is 5.65. The number of rotatable bonds is 16. The Morgan fingerprint density at radius 1 is 0.667 bits per heavy atom. The standard InChI is InChI=1S/C26H42NO3/c1-3-4-5-6-7-8-9-10-11-12-13-14-15-16-17-18-26(30)27(23(2)28)24-19-21-25(29)22-20-24/h19-22H,3-18H2,1-2H3/q+1. The van der Waals surface area contributed by atoms with E-state index in [1.807, 2.05) is 0 Å². The van der Waals surface area contributed by atoms with Crippen LogP contribution in [-0.4, -0.2) is 27.9 Å². The maximum atomic E-state index is 12.4. The van der Waals surface area contributed by atoms with Gasteiger partial charge < -0.3 is 0 Å². The van der Waals surface area contributed by atoms with Gasteiger partial charge in [0.25, 0.3) is 0 Å². The number of nitrogens with zero attached hydrogens (tertiary/aromatic N) is 1. The largest absolute Gasteiger partial charge is 0.395 e. The Balaban J connectivity index is 2.04. The van der Waals surface area contributed by atoms with Crippen LogP contribution in [0.4, 0.5) is 0 Å². The second-order valence-electron chi connectivity index (χ2n) is 8.44. The Morgan fingerprint density at radius 3 is 1.47 bits per heavy atom. The van der Waals surface area contributed by atoms with Crippen molar-refractivity contribution in [2.24, 2.45) is 0 Å². The van der Waals surface area contributed by atoms with Gasteiger partial charge in [-0.15, -0.1) is 0 Å². The number of carbonyl (C=O) groups excluding carboxylic acids is 3. The second-order valence-corrected chi connectivity index (χ2v) is 8.44. The molecule has 0 aromatic carbocycles. The number of imide groups is 1. The van der Waals surface area contributed by atoms with E-state index in [0.717, 1.165) is 19.3 Å². The minimum absolute atomic E-state index is 0.128. The van der Waals surface area contributed by atoms with Crippen molar-refractivity contribution in [3.05, 3.63) is 24.3 Å². The Hall–Kier alpha value is -1.84. The van der Waals surface area contributed by atoms with Crippen LogP contribution < -0.4 is 0 Å². The quantitative estimate of drug-likeness (QED) is 0.165. The zero-order valence-electron chi connectivity index (χ0n) is 19.3. The van der Waals surface area contributed by atoms with E-state index in [9.17, 15) is 14.4 Å². The van der Waals surface area contributed by atoms with Crippen LogP contribution in [0.1, 0.15) is 117 Å². The van der Waals surface area contributed by atoms with Crippen molar-refractivity contribution in [1.29, 1.82) is 0 Å². The fraction of sp³-hybridized carbons (Fsp3) is 0.692. The van der Waals surface area contributed by atoms with E-state index in [4.69, 9.17) is 0 Å². The summed E-state index contributed by atoms with van der Waals surface area (Å²) in [5, 5.41) is 0. The highest BCUT2D eigenvalue weighted by atomic mass is 16.2. The monoisotopic (exact) mass is 416 g/mol. The molecule has 0 atom stereocenters. The number of allylic oxidation sites excluding steroid dienone is 4. The van der Waals surface area contributed by atoms with Crippen LogP contribution in [0.25, 0.3) is 0 Å². The molecule has 0 fully saturated rings. The predicted octanol–water partition coefficient (Wildman–Crippen LogP) is 6.47. The van der Waals surface area contributed by atoms with Crippen LogP contribution in [0, 0.1) is 0 Å². The normalized spacial score (nSPS) is 13.1. The van der Waals surface area contributed by atoms with Crippen LogP contribution in [-0.2, 0) is 14.4 Å². The van der Waals surface area contributed by atoms with Crippen molar-refractivity contribution < 1.29 is 19.0 Å². The van der Waals surface area contributed by atoms with E-state index in [1.165, 1.54) is 113 Å². The SMILES string of the molecule is CCCCCCCCCCCCCCCCCC(=O)[N+](C(C)=O)=C1C=CC(=O)C=C1. The highest BCUT2D eigenvalue weighted by Gasteiger charge is 2.26. The van der Waals surface area contributed by atoms with Crippen molar-refractivity contribution in [2.45, 2.75) is 117 Å². The molecule has 4 nitrogen and oxygen atoms in total. The summed E-state index contributed by atoms with van der Waals surface area (Å²) in [5.41, 5.74) is 0.480. The molecular formula is C26H42NO3+. The number of unbranched alkanes of at least 4 members (excludes halogenated alkanes) is 14. The van der Waals surface area contributed by atoms with Crippen molar-refractivity contribution in [3.8, 4) is 0 Å². The third kappa shape index (κ3) is 12.0. The number of hydrogen-bond acceptors (Lipinski definition) is 3. The van der Waals surface area contributed by atoms with Gasteiger partial charge in [-0.25, -0.2) is 9.59 Å². The number of ketones is 1. The van der Waals surface area contributed by atoms with Crippen LogP contribution in [0.5, 0.6) is 0 Å². The smallest absolute Gasteiger partial charge is 0.290 e. The summed E-state index contributed by atoms with van der Waals surface area (Å²) in [6, 6.07) is 0. The van der Waals surface area contributed by atoms with Gasteiger partial charge in [-0.2, -0.15) is 0 Å². The molecule has 0 aromatic heterocycles. The molecule has 0 saturated carbocycles. The lowest BCUT2D eigenvalue weighted by atomic mass is 10.0. The summed E-state index contributed by atoms with van der Waals surface area (Å²) in [4.78, 5) is 35.5. The van der Waals surface area contributed by atoms with Gasteiger partial charge >= 0.3 is 11.8 Å². The lowest BCUT2D eigenvalue weighted by molar-refractivity contribution is -0.381. The van der Waals surface area contributed by atoms with E-state index in [1.54, 1.807) is 0 Å². The van der Waals surface area contributed by atoms with E-state index in [2.05, 4.69) is 6.92 Å². The molecular weight excluding hydrogens is 374 g/mol. The first-order valence-electron chi connectivity index (χ1n) is 12.2. The maximum absolute atomic E-state index is 12.4. The summed E-state index contributed by atoms with van der Waals surface area (Å²) in [5.74, 6) is -0.618. The van der Waals surface area contributed by atoms with E-state index in [0.29, 0.717) is 12.1 Å². The summed E-state index contributed by atoms with van der Waals surface area (Å²) in [6.07, 6.45) is 25.5. The van der Waals surface area contributed by atoms with Crippen LogP contribution in [0.3, 0.4) is 0 Å². The van der Waals surface area contributed by atoms with E-state index in [-0.39, 0.29) is 17.6 Å². The maximum Gasteiger partial charge on any atom is 0.395 e. The number of carbonyl (C=O) groups is 3. The molecule has 0 unspecified atom stereocenters. The predicted molar refractivity (Wildman–Crippen MR) is 124 cm³/mol. The van der Waals surface area contributed by atoms with Gasteiger partial charge in [0.05, 0.1) is 13.3 Å². The minimum atomic E-state index is -0.306. The molecule has 1 aliphatic carbocycles. The van der Waals surface area contributed by atoms with Crippen molar-refractivity contribution >= 4 is 23.3 Å². The zero-order chi connectivity index (χ0) is 22.0. The first kappa shape index (κ1) is 26.2. The molecule has 0 saturated heterocycles.